The lowest BCUT2D eigenvalue weighted by Gasteiger charge is -2.15. The predicted octanol–water partition coefficient (Wildman–Crippen LogP) is 2.35. The molecule has 1 rings (SSSR count). The number of rotatable bonds is 6. The summed E-state index contributed by atoms with van der Waals surface area (Å²) in [5, 5.41) is 10.5. The van der Waals surface area contributed by atoms with E-state index in [0.29, 0.717) is 0 Å². The molecule has 1 aromatic carbocycles. The third-order valence-electron chi connectivity index (χ3n) is 2.79. The summed E-state index contributed by atoms with van der Waals surface area (Å²) in [5.41, 5.74) is 0.909. The van der Waals surface area contributed by atoms with Gasteiger partial charge in [-0.05, 0) is 11.5 Å². The first kappa shape index (κ1) is 13.4. The summed E-state index contributed by atoms with van der Waals surface area (Å²) < 4.78 is 0. The molecule has 4 nitrogen and oxygen atoms in total. The summed E-state index contributed by atoms with van der Waals surface area (Å²) in [6.45, 7) is 3.41. The van der Waals surface area contributed by atoms with Gasteiger partial charge in [-0.3, -0.25) is 14.9 Å². The molecule has 0 radical (unpaired) electrons. The van der Waals surface area contributed by atoms with Crippen LogP contribution < -0.4 is 0 Å². The minimum atomic E-state index is -0.495. The molecular formula is C13H17NO3. The van der Waals surface area contributed by atoms with E-state index in [9.17, 15) is 14.9 Å². The third kappa shape index (κ3) is 4.34. The molecule has 17 heavy (non-hydrogen) atoms. The minimum Gasteiger partial charge on any atom is -0.299 e. The molecule has 0 saturated carbocycles. The van der Waals surface area contributed by atoms with Crippen molar-refractivity contribution in [3.63, 3.8) is 0 Å². The lowest BCUT2D eigenvalue weighted by Crippen LogP contribution is -2.29. The van der Waals surface area contributed by atoms with Gasteiger partial charge in [-0.15, -0.1) is 0 Å². The van der Waals surface area contributed by atoms with Crippen LogP contribution in [0.2, 0.25) is 0 Å². The highest BCUT2D eigenvalue weighted by atomic mass is 16.6. The molecule has 0 spiro atoms. The Hall–Kier alpha value is -1.71. The zero-order valence-corrected chi connectivity index (χ0v) is 10.1. The van der Waals surface area contributed by atoms with Gasteiger partial charge in [0.2, 0.25) is 6.54 Å². The van der Waals surface area contributed by atoms with Gasteiger partial charge in [0.05, 0.1) is 5.92 Å². The van der Waals surface area contributed by atoms with E-state index in [0.717, 1.165) is 5.56 Å². The SMILES string of the molecule is CC(C)C(C[N+](=O)[O-])C(=O)Cc1ccccc1. The van der Waals surface area contributed by atoms with Gasteiger partial charge in [0.15, 0.2) is 0 Å². The predicted molar refractivity (Wildman–Crippen MR) is 65.3 cm³/mol. The maximum absolute atomic E-state index is 12.0. The van der Waals surface area contributed by atoms with Gasteiger partial charge in [-0.2, -0.15) is 0 Å². The number of hydrogen-bond acceptors (Lipinski definition) is 3. The summed E-state index contributed by atoms with van der Waals surface area (Å²) in [6, 6.07) is 9.33. The van der Waals surface area contributed by atoms with Gasteiger partial charge in [0.25, 0.3) is 0 Å². The summed E-state index contributed by atoms with van der Waals surface area (Å²) in [5.74, 6) is -0.551. The molecule has 4 heteroatoms. The number of nitro groups is 1. The zero-order chi connectivity index (χ0) is 12.8. The standard InChI is InChI=1S/C13H17NO3/c1-10(2)12(9-14(16)17)13(15)8-11-6-4-3-5-7-11/h3-7,10,12H,8-9H2,1-2H3. The van der Waals surface area contributed by atoms with Gasteiger partial charge in [-0.25, -0.2) is 0 Å². The van der Waals surface area contributed by atoms with E-state index in [-0.39, 0.29) is 24.7 Å². The number of carbonyl (C=O) groups excluding carboxylic acids is 1. The molecule has 1 atom stereocenters. The molecule has 0 bridgehead atoms. The average molecular weight is 235 g/mol. The van der Waals surface area contributed by atoms with Crippen LogP contribution in [0.1, 0.15) is 19.4 Å². The van der Waals surface area contributed by atoms with Crippen molar-refractivity contribution in [2.45, 2.75) is 20.3 Å². The second-order valence-corrected chi connectivity index (χ2v) is 4.49. The summed E-state index contributed by atoms with van der Waals surface area (Å²) in [6.07, 6.45) is 0.275. The molecule has 0 amide bonds. The Kier molecular flexibility index (Phi) is 4.82. The van der Waals surface area contributed by atoms with Crippen molar-refractivity contribution >= 4 is 5.78 Å². The van der Waals surface area contributed by atoms with Crippen LogP contribution in [0.25, 0.3) is 0 Å². The quantitative estimate of drug-likeness (QED) is 0.561. The van der Waals surface area contributed by atoms with E-state index in [1.807, 2.05) is 44.2 Å². The Morgan fingerprint density at radius 2 is 1.88 bits per heavy atom. The molecular weight excluding hydrogens is 218 g/mol. The van der Waals surface area contributed by atoms with Crippen molar-refractivity contribution in [1.82, 2.24) is 0 Å². The van der Waals surface area contributed by atoms with Crippen LogP contribution in [-0.2, 0) is 11.2 Å². The number of benzene rings is 1. The Morgan fingerprint density at radius 3 is 2.35 bits per heavy atom. The minimum absolute atomic E-state index is 0.00314. The lowest BCUT2D eigenvalue weighted by atomic mass is 9.88. The Labute approximate surface area is 101 Å². The molecule has 0 aliphatic carbocycles. The fourth-order valence-electron chi connectivity index (χ4n) is 1.77. The first-order valence-corrected chi connectivity index (χ1v) is 5.69. The fourth-order valence-corrected chi connectivity index (χ4v) is 1.77. The number of Topliss-reactive ketones (excluding diaryl/α,β-unsaturated/α-hetero) is 1. The topological polar surface area (TPSA) is 60.2 Å². The van der Waals surface area contributed by atoms with Crippen LogP contribution >= 0.6 is 0 Å². The van der Waals surface area contributed by atoms with Gasteiger partial charge >= 0.3 is 0 Å². The summed E-state index contributed by atoms with van der Waals surface area (Å²) in [7, 11) is 0. The van der Waals surface area contributed by atoms with Crippen molar-refractivity contribution in [2.75, 3.05) is 6.54 Å². The first-order chi connectivity index (χ1) is 8.00. The third-order valence-corrected chi connectivity index (χ3v) is 2.79. The number of ketones is 1. The molecule has 1 aromatic rings. The second-order valence-electron chi connectivity index (χ2n) is 4.49. The van der Waals surface area contributed by atoms with Crippen molar-refractivity contribution in [1.29, 1.82) is 0 Å². The second kappa shape index (κ2) is 6.13. The number of carbonyl (C=O) groups is 1. The maximum atomic E-state index is 12.0. The van der Waals surface area contributed by atoms with Gasteiger partial charge in [-0.1, -0.05) is 44.2 Å². The van der Waals surface area contributed by atoms with Gasteiger partial charge in [0, 0.05) is 11.3 Å². The Bertz CT molecular complexity index is 387. The van der Waals surface area contributed by atoms with E-state index < -0.39 is 10.8 Å². The van der Waals surface area contributed by atoms with E-state index in [1.165, 1.54) is 0 Å². The van der Waals surface area contributed by atoms with Gasteiger partial charge < -0.3 is 0 Å². The van der Waals surface area contributed by atoms with E-state index >= 15 is 0 Å². The highest BCUT2D eigenvalue weighted by molar-refractivity contribution is 5.83. The van der Waals surface area contributed by atoms with E-state index in [4.69, 9.17) is 0 Å². The van der Waals surface area contributed by atoms with Crippen molar-refractivity contribution in [3.8, 4) is 0 Å². The molecule has 0 aliphatic rings. The monoisotopic (exact) mass is 235 g/mol. The fraction of sp³-hybridized carbons (Fsp3) is 0.462. The van der Waals surface area contributed by atoms with Crippen molar-refractivity contribution < 1.29 is 9.72 Å². The first-order valence-electron chi connectivity index (χ1n) is 5.69. The molecule has 0 saturated heterocycles. The summed E-state index contributed by atoms with van der Waals surface area (Å²) in [4.78, 5) is 22.1. The van der Waals surface area contributed by atoms with Gasteiger partial charge in [0.1, 0.15) is 5.78 Å². The van der Waals surface area contributed by atoms with Crippen LogP contribution in [0, 0.1) is 22.0 Å². The Morgan fingerprint density at radius 1 is 1.29 bits per heavy atom. The molecule has 1 unspecified atom stereocenters. The maximum Gasteiger partial charge on any atom is 0.213 e. The molecule has 0 fully saturated rings. The highest BCUT2D eigenvalue weighted by Gasteiger charge is 2.26. The van der Waals surface area contributed by atoms with Crippen LogP contribution in [-0.4, -0.2) is 17.3 Å². The number of nitrogens with zero attached hydrogens (tertiary/aromatic N) is 1. The van der Waals surface area contributed by atoms with Crippen LogP contribution in [0.15, 0.2) is 30.3 Å². The van der Waals surface area contributed by atoms with Crippen molar-refractivity contribution in [2.24, 2.45) is 11.8 Å². The molecule has 0 heterocycles. The zero-order valence-electron chi connectivity index (χ0n) is 10.1. The van der Waals surface area contributed by atoms with Crippen LogP contribution in [0.4, 0.5) is 0 Å². The van der Waals surface area contributed by atoms with Crippen LogP contribution in [0.5, 0.6) is 0 Å². The van der Waals surface area contributed by atoms with E-state index in [1.54, 1.807) is 0 Å². The summed E-state index contributed by atoms with van der Waals surface area (Å²) >= 11 is 0. The van der Waals surface area contributed by atoms with E-state index in [2.05, 4.69) is 0 Å². The van der Waals surface area contributed by atoms with Crippen LogP contribution in [0.3, 0.4) is 0 Å². The highest BCUT2D eigenvalue weighted by Crippen LogP contribution is 2.15. The lowest BCUT2D eigenvalue weighted by molar-refractivity contribution is -0.486. The average Bonchev–Trinajstić information content (AvgIpc) is 2.26. The Balaban J connectivity index is 2.69. The smallest absolute Gasteiger partial charge is 0.213 e. The normalized spacial score (nSPS) is 12.4. The molecule has 0 aliphatic heterocycles. The molecule has 0 N–H and O–H groups in total. The molecule has 92 valence electrons. The molecule has 0 aromatic heterocycles. The largest absolute Gasteiger partial charge is 0.299 e. The van der Waals surface area contributed by atoms with Crippen molar-refractivity contribution in [3.05, 3.63) is 46.0 Å². The number of hydrogen-bond donors (Lipinski definition) is 0.